The van der Waals surface area contributed by atoms with Crippen LogP contribution in [-0.4, -0.2) is 29.2 Å². The van der Waals surface area contributed by atoms with Crippen LogP contribution in [0.3, 0.4) is 0 Å². The molecule has 0 spiro atoms. The van der Waals surface area contributed by atoms with Crippen LogP contribution in [0.1, 0.15) is 40.5 Å². The molecule has 2 bridgehead atoms. The number of nitrogens with zero attached hydrogens (tertiary/aromatic N) is 1. The highest BCUT2D eigenvalue weighted by molar-refractivity contribution is 5.69. The summed E-state index contributed by atoms with van der Waals surface area (Å²) in [6.45, 7) is 8.92. The second-order valence-electron chi connectivity index (χ2n) is 5.90. The van der Waals surface area contributed by atoms with Crippen molar-refractivity contribution in [2.24, 2.45) is 11.8 Å². The number of hydrogen-bond acceptors (Lipinski definition) is 2. The van der Waals surface area contributed by atoms with Crippen LogP contribution in [0.25, 0.3) is 0 Å². The Balaban J connectivity index is 1.99. The number of carbonyl (C=O) groups is 1. The maximum atomic E-state index is 11.9. The van der Waals surface area contributed by atoms with Crippen LogP contribution < -0.4 is 0 Å². The van der Waals surface area contributed by atoms with E-state index < -0.39 is 0 Å². The molecule has 1 amide bonds. The van der Waals surface area contributed by atoms with Gasteiger partial charge in [0.25, 0.3) is 0 Å². The summed E-state index contributed by atoms with van der Waals surface area (Å²) in [7, 11) is 0. The lowest BCUT2D eigenvalue weighted by atomic mass is 10.0. The molecule has 1 aliphatic heterocycles. The molecular weight excluding hydrogens is 190 g/mol. The molecule has 0 aromatic heterocycles. The summed E-state index contributed by atoms with van der Waals surface area (Å²) in [4.78, 5) is 13.8. The van der Waals surface area contributed by atoms with Crippen molar-refractivity contribution in [2.75, 3.05) is 6.54 Å². The minimum absolute atomic E-state index is 0.124. The molecule has 2 rings (SSSR count). The van der Waals surface area contributed by atoms with Crippen LogP contribution in [0, 0.1) is 11.8 Å². The molecule has 3 heteroatoms. The van der Waals surface area contributed by atoms with Crippen molar-refractivity contribution in [2.45, 2.75) is 52.2 Å². The first-order valence-electron chi connectivity index (χ1n) is 5.88. The Kier molecular flexibility index (Phi) is 2.44. The van der Waals surface area contributed by atoms with E-state index in [0.717, 1.165) is 13.0 Å². The molecule has 86 valence electrons. The maximum absolute atomic E-state index is 11.9. The second-order valence-corrected chi connectivity index (χ2v) is 5.90. The van der Waals surface area contributed by atoms with Crippen molar-refractivity contribution in [3.05, 3.63) is 0 Å². The van der Waals surface area contributed by atoms with E-state index in [-0.39, 0.29) is 11.7 Å². The van der Waals surface area contributed by atoms with Gasteiger partial charge in [-0.3, -0.25) is 0 Å². The van der Waals surface area contributed by atoms with Gasteiger partial charge in [-0.2, -0.15) is 0 Å². The Morgan fingerprint density at radius 3 is 2.40 bits per heavy atom. The summed E-state index contributed by atoms with van der Waals surface area (Å²) in [6.07, 6.45) is 2.32. The molecule has 3 atom stereocenters. The van der Waals surface area contributed by atoms with Crippen LogP contribution in [0.5, 0.6) is 0 Å². The molecule has 1 heterocycles. The van der Waals surface area contributed by atoms with Crippen LogP contribution in [0.15, 0.2) is 0 Å². The maximum Gasteiger partial charge on any atom is 0.410 e. The number of piperidine rings is 1. The zero-order valence-corrected chi connectivity index (χ0v) is 10.1. The van der Waals surface area contributed by atoms with E-state index in [0.29, 0.717) is 17.9 Å². The summed E-state index contributed by atoms with van der Waals surface area (Å²) in [6, 6.07) is 0.435. The van der Waals surface area contributed by atoms with Gasteiger partial charge in [-0.05, 0) is 45.4 Å². The van der Waals surface area contributed by atoms with E-state index in [1.54, 1.807) is 0 Å². The Labute approximate surface area is 91.8 Å². The lowest BCUT2D eigenvalue weighted by Crippen LogP contribution is -2.41. The monoisotopic (exact) mass is 211 g/mol. The highest BCUT2D eigenvalue weighted by Crippen LogP contribution is 2.42. The number of rotatable bonds is 0. The van der Waals surface area contributed by atoms with Gasteiger partial charge in [0.1, 0.15) is 5.60 Å². The first-order valence-corrected chi connectivity index (χ1v) is 5.88. The summed E-state index contributed by atoms with van der Waals surface area (Å²) in [5.41, 5.74) is -0.373. The van der Waals surface area contributed by atoms with E-state index in [1.807, 2.05) is 25.7 Å². The average molecular weight is 211 g/mol. The molecule has 0 aromatic rings. The third-order valence-corrected chi connectivity index (χ3v) is 3.64. The van der Waals surface area contributed by atoms with Crippen molar-refractivity contribution in [1.29, 1.82) is 0 Å². The summed E-state index contributed by atoms with van der Waals surface area (Å²) in [5, 5.41) is 0. The molecule has 1 aliphatic carbocycles. The van der Waals surface area contributed by atoms with E-state index in [2.05, 4.69) is 6.92 Å². The molecular formula is C12H21NO2. The second kappa shape index (κ2) is 3.39. The van der Waals surface area contributed by atoms with Gasteiger partial charge in [-0.1, -0.05) is 6.92 Å². The number of carbonyl (C=O) groups excluding carboxylic acids is 1. The van der Waals surface area contributed by atoms with Gasteiger partial charge in [-0.15, -0.1) is 0 Å². The molecule has 0 N–H and O–H groups in total. The first-order chi connectivity index (χ1) is 6.88. The van der Waals surface area contributed by atoms with E-state index in [1.165, 1.54) is 6.42 Å². The van der Waals surface area contributed by atoms with Crippen LogP contribution >= 0.6 is 0 Å². The van der Waals surface area contributed by atoms with Gasteiger partial charge in [-0.25, -0.2) is 4.79 Å². The summed E-state index contributed by atoms with van der Waals surface area (Å²) < 4.78 is 5.41. The number of amides is 1. The van der Waals surface area contributed by atoms with Crippen molar-refractivity contribution in [3.63, 3.8) is 0 Å². The van der Waals surface area contributed by atoms with Gasteiger partial charge in [0.2, 0.25) is 0 Å². The van der Waals surface area contributed by atoms with Gasteiger partial charge in [0.05, 0.1) is 0 Å². The molecule has 3 nitrogen and oxygen atoms in total. The van der Waals surface area contributed by atoms with Crippen molar-refractivity contribution >= 4 is 6.09 Å². The number of hydrogen-bond donors (Lipinski definition) is 0. The molecule has 0 aromatic carbocycles. The van der Waals surface area contributed by atoms with Crippen molar-refractivity contribution < 1.29 is 9.53 Å². The largest absolute Gasteiger partial charge is 0.444 e. The Morgan fingerprint density at radius 2 is 2.00 bits per heavy atom. The van der Waals surface area contributed by atoms with Crippen LogP contribution in [-0.2, 0) is 4.74 Å². The molecule has 1 saturated carbocycles. The highest BCUT2D eigenvalue weighted by Gasteiger charge is 2.47. The van der Waals surface area contributed by atoms with E-state index >= 15 is 0 Å². The smallest absolute Gasteiger partial charge is 0.410 e. The van der Waals surface area contributed by atoms with Gasteiger partial charge in [0, 0.05) is 12.6 Å². The summed E-state index contributed by atoms with van der Waals surface area (Å²) >= 11 is 0. The average Bonchev–Trinajstić information content (AvgIpc) is 2.59. The lowest BCUT2D eigenvalue weighted by molar-refractivity contribution is 0.0182. The quantitative estimate of drug-likeness (QED) is 0.616. The van der Waals surface area contributed by atoms with Crippen LogP contribution in [0.4, 0.5) is 4.79 Å². The fourth-order valence-electron chi connectivity index (χ4n) is 2.84. The van der Waals surface area contributed by atoms with Crippen molar-refractivity contribution in [3.8, 4) is 0 Å². The third kappa shape index (κ3) is 1.97. The molecule has 15 heavy (non-hydrogen) atoms. The zero-order valence-electron chi connectivity index (χ0n) is 10.1. The fraction of sp³-hybridized carbons (Fsp3) is 0.917. The molecule has 2 aliphatic rings. The zero-order chi connectivity index (χ0) is 11.2. The highest BCUT2D eigenvalue weighted by atomic mass is 16.6. The normalized spacial score (nSPS) is 34.7. The predicted octanol–water partition coefficient (Wildman–Crippen LogP) is 2.65. The van der Waals surface area contributed by atoms with Crippen LogP contribution in [0.2, 0.25) is 0 Å². The molecule has 0 radical (unpaired) electrons. The molecule has 1 saturated heterocycles. The third-order valence-electron chi connectivity index (χ3n) is 3.64. The Morgan fingerprint density at radius 1 is 1.33 bits per heavy atom. The lowest BCUT2D eigenvalue weighted by Gasteiger charge is -2.30. The Hall–Kier alpha value is -0.730. The van der Waals surface area contributed by atoms with E-state index in [4.69, 9.17) is 4.74 Å². The van der Waals surface area contributed by atoms with Gasteiger partial charge < -0.3 is 9.64 Å². The Bertz CT molecular complexity index is 269. The van der Waals surface area contributed by atoms with E-state index in [9.17, 15) is 4.79 Å². The minimum atomic E-state index is -0.373. The summed E-state index contributed by atoms with van der Waals surface area (Å²) in [5.74, 6) is 1.38. The van der Waals surface area contributed by atoms with Gasteiger partial charge >= 0.3 is 6.09 Å². The number of likely N-dealkylation sites (tertiary alicyclic amines) is 1. The topological polar surface area (TPSA) is 29.5 Å². The number of fused-ring (bicyclic) bond motifs is 2. The molecule has 2 unspecified atom stereocenters. The van der Waals surface area contributed by atoms with Gasteiger partial charge in [0.15, 0.2) is 0 Å². The number of ether oxygens (including phenoxy) is 1. The first kappa shape index (κ1) is 10.8. The SMILES string of the molecule is C[C@H]1C2CCC1N(C(=O)OC(C)(C)C)C2. The molecule has 2 fully saturated rings. The minimum Gasteiger partial charge on any atom is -0.444 e. The predicted molar refractivity (Wildman–Crippen MR) is 58.6 cm³/mol. The fourth-order valence-corrected chi connectivity index (χ4v) is 2.84. The van der Waals surface area contributed by atoms with Crippen molar-refractivity contribution in [1.82, 2.24) is 4.90 Å². The standard InChI is InChI=1S/C12H21NO2/c1-8-9-5-6-10(8)13(7-9)11(14)15-12(2,3)4/h8-10H,5-7H2,1-4H3/t8-,9?,10?/m0/s1.